The van der Waals surface area contributed by atoms with Crippen molar-refractivity contribution in [1.29, 1.82) is 0 Å². The smallest absolute Gasteiger partial charge is 0.0856 e. The summed E-state index contributed by atoms with van der Waals surface area (Å²) in [7, 11) is 0. The minimum absolute atomic E-state index is 0.0144. The van der Waals surface area contributed by atoms with Crippen LogP contribution in [0.5, 0.6) is 0 Å². The molecule has 14 heavy (non-hydrogen) atoms. The molecular formula is C12H17NO. The van der Waals surface area contributed by atoms with Crippen LogP contribution in [0.25, 0.3) is 0 Å². The molecule has 1 aliphatic rings. The first-order valence-corrected chi connectivity index (χ1v) is 5.13. The summed E-state index contributed by atoms with van der Waals surface area (Å²) in [4.78, 5) is 5.48. The highest BCUT2D eigenvalue weighted by Gasteiger charge is 2.31. The molecule has 2 rings (SSSR count). The zero-order valence-electron chi connectivity index (χ0n) is 8.79. The monoisotopic (exact) mass is 191 g/mol. The summed E-state index contributed by atoms with van der Waals surface area (Å²) in [6, 6.07) is 11.0. The Morgan fingerprint density at radius 1 is 1.36 bits per heavy atom. The highest BCUT2D eigenvalue weighted by atomic mass is 16.7. The van der Waals surface area contributed by atoms with Gasteiger partial charge in [0.05, 0.1) is 5.60 Å². The highest BCUT2D eigenvalue weighted by Crippen LogP contribution is 2.24. The number of benzene rings is 1. The Morgan fingerprint density at radius 2 is 2.07 bits per heavy atom. The van der Waals surface area contributed by atoms with Gasteiger partial charge in [0.2, 0.25) is 0 Å². The van der Waals surface area contributed by atoms with Gasteiger partial charge >= 0.3 is 0 Å². The van der Waals surface area contributed by atoms with E-state index in [-0.39, 0.29) is 5.60 Å². The van der Waals surface area contributed by atoms with Gasteiger partial charge in [0.25, 0.3) is 0 Å². The van der Waals surface area contributed by atoms with Crippen LogP contribution in [0, 0.1) is 0 Å². The third kappa shape index (κ3) is 2.34. The van der Waals surface area contributed by atoms with Crippen molar-refractivity contribution in [2.75, 3.05) is 0 Å². The van der Waals surface area contributed by atoms with Crippen molar-refractivity contribution in [3.05, 3.63) is 35.9 Å². The van der Waals surface area contributed by atoms with Gasteiger partial charge in [0.15, 0.2) is 0 Å². The molecule has 2 nitrogen and oxygen atoms in total. The van der Waals surface area contributed by atoms with E-state index in [1.807, 2.05) is 6.07 Å². The molecule has 1 aliphatic heterocycles. The van der Waals surface area contributed by atoms with Gasteiger partial charge in [-0.2, -0.15) is 5.48 Å². The lowest BCUT2D eigenvalue weighted by Gasteiger charge is -2.13. The van der Waals surface area contributed by atoms with E-state index in [1.165, 1.54) is 5.56 Å². The molecule has 0 radical (unpaired) electrons. The molecule has 1 saturated heterocycles. The SMILES string of the molecule is CC1(C)C[C@H](Cc2ccccc2)NO1. The van der Waals surface area contributed by atoms with Crippen LogP contribution in [0.15, 0.2) is 30.3 Å². The lowest BCUT2D eigenvalue weighted by atomic mass is 9.96. The summed E-state index contributed by atoms with van der Waals surface area (Å²) in [6.45, 7) is 4.23. The van der Waals surface area contributed by atoms with Crippen molar-refractivity contribution in [3.8, 4) is 0 Å². The second kappa shape index (κ2) is 3.71. The van der Waals surface area contributed by atoms with Crippen LogP contribution in [0.4, 0.5) is 0 Å². The first-order valence-electron chi connectivity index (χ1n) is 5.13. The van der Waals surface area contributed by atoms with Crippen molar-refractivity contribution in [2.24, 2.45) is 0 Å². The van der Waals surface area contributed by atoms with E-state index in [0.717, 1.165) is 12.8 Å². The molecule has 0 aromatic heterocycles. The number of rotatable bonds is 2. The van der Waals surface area contributed by atoms with Gasteiger partial charge in [-0.3, -0.25) is 4.84 Å². The number of hydrogen-bond acceptors (Lipinski definition) is 2. The number of hydroxylamine groups is 1. The van der Waals surface area contributed by atoms with Crippen LogP contribution in [-0.2, 0) is 11.3 Å². The van der Waals surface area contributed by atoms with Crippen LogP contribution in [0.2, 0.25) is 0 Å². The van der Waals surface area contributed by atoms with E-state index in [9.17, 15) is 0 Å². The van der Waals surface area contributed by atoms with Gasteiger partial charge in [-0.25, -0.2) is 0 Å². The van der Waals surface area contributed by atoms with Gasteiger partial charge in [-0.15, -0.1) is 0 Å². The van der Waals surface area contributed by atoms with Crippen molar-refractivity contribution in [1.82, 2.24) is 5.48 Å². The van der Waals surface area contributed by atoms with Gasteiger partial charge in [0.1, 0.15) is 0 Å². The van der Waals surface area contributed by atoms with Gasteiger partial charge in [0, 0.05) is 6.04 Å². The molecule has 2 heteroatoms. The Kier molecular flexibility index (Phi) is 2.57. The van der Waals surface area contributed by atoms with E-state index in [4.69, 9.17) is 4.84 Å². The third-order valence-corrected chi connectivity index (χ3v) is 2.56. The Balaban J connectivity index is 1.94. The average molecular weight is 191 g/mol. The van der Waals surface area contributed by atoms with Crippen LogP contribution < -0.4 is 5.48 Å². The summed E-state index contributed by atoms with van der Waals surface area (Å²) in [5.74, 6) is 0. The number of nitrogens with one attached hydrogen (secondary N) is 1. The lowest BCUT2D eigenvalue weighted by molar-refractivity contribution is -0.0311. The molecule has 1 heterocycles. The summed E-state index contributed by atoms with van der Waals surface area (Å²) in [5.41, 5.74) is 4.45. The van der Waals surface area contributed by atoms with Gasteiger partial charge in [-0.05, 0) is 32.3 Å². The largest absolute Gasteiger partial charge is 0.295 e. The Bertz CT molecular complexity index is 294. The summed E-state index contributed by atoms with van der Waals surface area (Å²) < 4.78 is 0. The van der Waals surface area contributed by atoms with Crippen molar-refractivity contribution in [3.63, 3.8) is 0 Å². The van der Waals surface area contributed by atoms with E-state index in [0.29, 0.717) is 6.04 Å². The van der Waals surface area contributed by atoms with Crippen LogP contribution in [0.3, 0.4) is 0 Å². The Labute approximate surface area is 85.2 Å². The molecule has 0 aliphatic carbocycles. The molecule has 1 aromatic carbocycles. The van der Waals surface area contributed by atoms with Gasteiger partial charge < -0.3 is 0 Å². The molecule has 1 aromatic rings. The van der Waals surface area contributed by atoms with E-state index < -0.39 is 0 Å². The zero-order valence-corrected chi connectivity index (χ0v) is 8.79. The summed E-state index contributed by atoms with van der Waals surface area (Å²) in [5, 5.41) is 0. The molecule has 0 amide bonds. The van der Waals surface area contributed by atoms with Crippen molar-refractivity contribution in [2.45, 2.75) is 38.3 Å². The molecule has 1 fully saturated rings. The normalized spacial score (nSPS) is 25.1. The lowest BCUT2D eigenvalue weighted by Crippen LogP contribution is -2.22. The Hall–Kier alpha value is -0.860. The highest BCUT2D eigenvalue weighted by molar-refractivity contribution is 5.16. The molecule has 0 spiro atoms. The fourth-order valence-corrected chi connectivity index (χ4v) is 1.93. The summed E-state index contributed by atoms with van der Waals surface area (Å²) in [6.07, 6.45) is 2.12. The van der Waals surface area contributed by atoms with Crippen molar-refractivity contribution < 1.29 is 4.84 Å². The first-order chi connectivity index (χ1) is 6.66. The maximum atomic E-state index is 5.48. The molecular weight excluding hydrogens is 174 g/mol. The maximum Gasteiger partial charge on any atom is 0.0856 e. The van der Waals surface area contributed by atoms with E-state index in [1.54, 1.807) is 0 Å². The zero-order chi connectivity index (χ0) is 10.0. The quantitative estimate of drug-likeness (QED) is 0.774. The topological polar surface area (TPSA) is 21.3 Å². The molecule has 1 N–H and O–H groups in total. The van der Waals surface area contributed by atoms with E-state index >= 15 is 0 Å². The second-order valence-electron chi connectivity index (χ2n) is 4.57. The van der Waals surface area contributed by atoms with Crippen LogP contribution in [0.1, 0.15) is 25.8 Å². The minimum Gasteiger partial charge on any atom is -0.295 e. The molecule has 76 valence electrons. The number of hydrogen-bond donors (Lipinski definition) is 1. The predicted octanol–water partition coefficient (Wildman–Crippen LogP) is 2.30. The Morgan fingerprint density at radius 3 is 2.64 bits per heavy atom. The van der Waals surface area contributed by atoms with E-state index in [2.05, 4.69) is 43.6 Å². The first kappa shape index (κ1) is 9.69. The molecule has 0 saturated carbocycles. The maximum absolute atomic E-state index is 5.48. The molecule has 0 bridgehead atoms. The van der Waals surface area contributed by atoms with Crippen LogP contribution >= 0.6 is 0 Å². The fourth-order valence-electron chi connectivity index (χ4n) is 1.93. The third-order valence-electron chi connectivity index (χ3n) is 2.56. The summed E-state index contributed by atoms with van der Waals surface area (Å²) >= 11 is 0. The minimum atomic E-state index is -0.0144. The second-order valence-corrected chi connectivity index (χ2v) is 4.57. The van der Waals surface area contributed by atoms with Crippen molar-refractivity contribution >= 4 is 0 Å². The fraction of sp³-hybridized carbons (Fsp3) is 0.500. The van der Waals surface area contributed by atoms with Crippen LogP contribution in [-0.4, -0.2) is 11.6 Å². The molecule has 1 atom stereocenters. The predicted molar refractivity (Wildman–Crippen MR) is 56.9 cm³/mol. The van der Waals surface area contributed by atoms with Gasteiger partial charge in [-0.1, -0.05) is 30.3 Å². The molecule has 0 unspecified atom stereocenters. The standard InChI is InChI=1S/C12H17NO/c1-12(2)9-11(13-14-12)8-10-6-4-3-5-7-10/h3-7,11,13H,8-9H2,1-2H3/t11-/m0/s1. The average Bonchev–Trinajstić information content (AvgIpc) is 2.47.